The molecule has 2 aliphatic rings. The van der Waals surface area contributed by atoms with Crippen molar-refractivity contribution < 1.29 is 9.26 Å². The third-order valence-electron chi connectivity index (χ3n) is 4.65. The zero-order chi connectivity index (χ0) is 15.9. The fourth-order valence-electron chi connectivity index (χ4n) is 3.41. The summed E-state index contributed by atoms with van der Waals surface area (Å²) in [6.07, 6.45) is 2.73. The second-order valence-electron chi connectivity index (χ2n) is 6.09. The van der Waals surface area contributed by atoms with E-state index in [2.05, 4.69) is 25.4 Å². The number of benzene rings is 1. The lowest BCUT2D eigenvalue weighted by molar-refractivity contribution is -0.0342. The summed E-state index contributed by atoms with van der Waals surface area (Å²) in [5.74, 6) is 0.607. The minimum absolute atomic E-state index is 0.0556. The first-order valence-electron chi connectivity index (χ1n) is 8.03. The number of hydrogen-bond donors (Lipinski definition) is 0. The molecule has 1 saturated heterocycles. The first-order valence-corrected chi connectivity index (χ1v) is 8.03. The molecule has 24 heavy (non-hydrogen) atoms. The highest BCUT2D eigenvalue weighted by atomic mass is 16.5. The number of ether oxygens (including phenoxy) is 1. The average molecular weight is 324 g/mol. The molecule has 0 amide bonds. The van der Waals surface area contributed by atoms with Gasteiger partial charge >= 0.3 is 6.01 Å². The number of nitrogens with zero attached hydrogens (tertiary/aromatic N) is 6. The van der Waals surface area contributed by atoms with Crippen LogP contribution in [0.15, 0.2) is 41.1 Å². The molecule has 0 aliphatic carbocycles. The molecular weight excluding hydrogens is 308 g/mol. The molecule has 0 spiro atoms. The van der Waals surface area contributed by atoms with Crippen molar-refractivity contribution in [3.8, 4) is 11.4 Å². The Balaban J connectivity index is 1.36. The first kappa shape index (κ1) is 13.7. The van der Waals surface area contributed by atoms with Crippen LogP contribution in [0.3, 0.4) is 0 Å². The lowest BCUT2D eigenvalue weighted by Gasteiger charge is -2.40. The second kappa shape index (κ2) is 5.41. The van der Waals surface area contributed by atoms with Crippen LogP contribution in [0.2, 0.25) is 0 Å². The highest BCUT2D eigenvalue weighted by Gasteiger charge is 2.37. The van der Waals surface area contributed by atoms with E-state index in [1.807, 2.05) is 35.0 Å². The van der Waals surface area contributed by atoms with Gasteiger partial charge in [-0.3, -0.25) is 0 Å². The maximum Gasteiger partial charge on any atom is 0.324 e. The Labute approximate surface area is 138 Å². The summed E-state index contributed by atoms with van der Waals surface area (Å²) in [7, 11) is 0. The molecule has 1 aromatic carbocycles. The van der Waals surface area contributed by atoms with E-state index in [1.54, 1.807) is 6.20 Å². The Kier molecular flexibility index (Phi) is 3.08. The van der Waals surface area contributed by atoms with Crippen LogP contribution in [-0.2, 0) is 11.3 Å². The van der Waals surface area contributed by atoms with Crippen LogP contribution in [-0.4, -0.2) is 44.3 Å². The lowest BCUT2D eigenvalue weighted by Crippen LogP contribution is -2.48. The molecule has 2 atom stereocenters. The highest BCUT2D eigenvalue weighted by molar-refractivity contribution is 5.55. The minimum atomic E-state index is 0.0556. The quantitative estimate of drug-likeness (QED) is 0.709. The molecule has 8 nitrogen and oxygen atoms in total. The van der Waals surface area contributed by atoms with E-state index in [0.717, 1.165) is 24.2 Å². The van der Waals surface area contributed by atoms with Gasteiger partial charge in [-0.25, -0.2) is 4.68 Å². The van der Waals surface area contributed by atoms with Crippen molar-refractivity contribution in [2.75, 3.05) is 18.0 Å². The first-order chi connectivity index (χ1) is 11.9. The minimum Gasteiger partial charge on any atom is -0.368 e. The SMILES string of the molecule is c1ccc(-c2noc(N3CC[C@H]4[C@H](C3)OCc3cnnn34)n2)cc1. The van der Waals surface area contributed by atoms with Gasteiger partial charge in [-0.15, -0.1) is 5.10 Å². The van der Waals surface area contributed by atoms with Gasteiger partial charge in [0.25, 0.3) is 0 Å². The fraction of sp³-hybridized carbons (Fsp3) is 0.375. The largest absolute Gasteiger partial charge is 0.368 e. The monoisotopic (exact) mass is 324 g/mol. The maximum atomic E-state index is 5.98. The Morgan fingerprint density at radius 1 is 1.17 bits per heavy atom. The van der Waals surface area contributed by atoms with E-state index in [4.69, 9.17) is 9.26 Å². The zero-order valence-electron chi connectivity index (χ0n) is 12.9. The van der Waals surface area contributed by atoms with Crippen LogP contribution in [0.25, 0.3) is 11.4 Å². The molecular formula is C16H16N6O2. The van der Waals surface area contributed by atoms with E-state index < -0.39 is 0 Å². The van der Waals surface area contributed by atoms with Gasteiger partial charge in [-0.05, 0) is 6.42 Å². The predicted octanol–water partition coefficient (Wildman–Crippen LogP) is 1.68. The Morgan fingerprint density at radius 3 is 3.00 bits per heavy atom. The van der Waals surface area contributed by atoms with E-state index in [0.29, 0.717) is 25.0 Å². The summed E-state index contributed by atoms with van der Waals surface area (Å²) in [5, 5.41) is 12.3. The van der Waals surface area contributed by atoms with Crippen LogP contribution < -0.4 is 4.90 Å². The van der Waals surface area contributed by atoms with Crippen LogP contribution >= 0.6 is 0 Å². The number of fused-ring (bicyclic) bond motifs is 3. The molecule has 4 heterocycles. The summed E-state index contributed by atoms with van der Waals surface area (Å²) in [6, 6.07) is 10.6. The van der Waals surface area contributed by atoms with Crippen LogP contribution in [0.4, 0.5) is 6.01 Å². The normalized spacial score (nSPS) is 22.9. The molecule has 122 valence electrons. The number of piperidine rings is 1. The molecule has 2 aromatic heterocycles. The van der Waals surface area contributed by atoms with Crippen molar-refractivity contribution in [1.29, 1.82) is 0 Å². The van der Waals surface area contributed by atoms with Crippen molar-refractivity contribution in [1.82, 2.24) is 25.1 Å². The summed E-state index contributed by atoms with van der Waals surface area (Å²) < 4.78 is 13.4. The van der Waals surface area contributed by atoms with Crippen molar-refractivity contribution >= 4 is 6.01 Å². The topological polar surface area (TPSA) is 82.1 Å². The zero-order valence-corrected chi connectivity index (χ0v) is 12.9. The van der Waals surface area contributed by atoms with Crippen molar-refractivity contribution in [2.45, 2.75) is 25.2 Å². The number of hydrogen-bond acceptors (Lipinski definition) is 7. The van der Waals surface area contributed by atoms with Gasteiger partial charge < -0.3 is 14.2 Å². The summed E-state index contributed by atoms with van der Waals surface area (Å²) in [4.78, 5) is 6.62. The van der Waals surface area contributed by atoms with Crippen LogP contribution in [0.1, 0.15) is 18.2 Å². The van der Waals surface area contributed by atoms with Gasteiger partial charge in [0.05, 0.1) is 37.2 Å². The molecule has 0 unspecified atom stereocenters. The Morgan fingerprint density at radius 2 is 2.08 bits per heavy atom. The Bertz CT molecular complexity index is 845. The van der Waals surface area contributed by atoms with Crippen LogP contribution in [0, 0.1) is 0 Å². The number of rotatable bonds is 2. The van der Waals surface area contributed by atoms with E-state index in [9.17, 15) is 0 Å². The van der Waals surface area contributed by atoms with Gasteiger partial charge in [-0.2, -0.15) is 4.98 Å². The number of aromatic nitrogens is 5. The third kappa shape index (κ3) is 2.18. The van der Waals surface area contributed by atoms with E-state index >= 15 is 0 Å². The second-order valence-corrected chi connectivity index (χ2v) is 6.09. The smallest absolute Gasteiger partial charge is 0.324 e. The van der Waals surface area contributed by atoms with E-state index in [-0.39, 0.29) is 12.1 Å². The van der Waals surface area contributed by atoms with Crippen LogP contribution in [0.5, 0.6) is 0 Å². The van der Waals surface area contributed by atoms with Crippen molar-refractivity contribution in [2.24, 2.45) is 0 Å². The standard InChI is InChI=1S/C16H16N6O2/c1-2-4-11(5-3-1)15-18-16(24-19-15)21-7-6-13-14(9-21)23-10-12-8-17-20-22(12)13/h1-5,8,13-14H,6-7,9-10H2/t13-,14-/m0/s1. The molecule has 0 bridgehead atoms. The molecule has 3 aromatic rings. The molecule has 8 heteroatoms. The highest BCUT2D eigenvalue weighted by Crippen LogP contribution is 2.32. The van der Waals surface area contributed by atoms with Gasteiger partial charge in [0.2, 0.25) is 5.82 Å². The molecule has 0 saturated carbocycles. The van der Waals surface area contributed by atoms with Gasteiger partial charge in [0.15, 0.2) is 0 Å². The lowest BCUT2D eigenvalue weighted by atomic mass is 10.0. The molecule has 0 radical (unpaired) electrons. The van der Waals surface area contributed by atoms with Crippen molar-refractivity contribution in [3.63, 3.8) is 0 Å². The van der Waals surface area contributed by atoms with Gasteiger partial charge in [-0.1, -0.05) is 40.7 Å². The fourth-order valence-corrected chi connectivity index (χ4v) is 3.41. The van der Waals surface area contributed by atoms with E-state index in [1.165, 1.54) is 0 Å². The molecule has 0 N–H and O–H groups in total. The molecule has 2 aliphatic heterocycles. The third-order valence-corrected chi connectivity index (χ3v) is 4.65. The van der Waals surface area contributed by atoms with Crippen molar-refractivity contribution in [3.05, 3.63) is 42.2 Å². The molecule has 5 rings (SSSR count). The average Bonchev–Trinajstić information content (AvgIpc) is 3.31. The summed E-state index contributed by atoms with van der Waals surface area (Å²) >= 11 is 0. The summed E-state index contributed by atoms with van der Waals surface area (Å²) in [6.45, 7) is 2.07. The van der Waals surface area contributed by atoms with Gasteiger partial charge in [0.1, 0.15) is 0 Å². The summed E-state index contributed by atoms with van der Waals surface area (Å²) in [5.41, 5.74) is 1.98. The predicted molar refractivity (Wildman–Crippen MR) is 84.2 cm³/mol. The maximum absolute atomic E-state index is 5.98. The number of anilines is 1. The van der Waals surface area contributed by atoms with Gasteiger partial charge in [0, 0.05) is 12.1 Å². The Hall–Kier alpha value is -2.74. The molecule has 1 fully saturated rings.